The van der Waals surface area contributed by atoms with Crippen molar-refractivity contribution in [2.24, 2.45) is 0 Å². The Hall–Kier alpha value is -3.16. The van der Waals surface area contributed by atoms with Crippen LogP contribution in [0.15, 0.2) is 42.5 Å². The molecule has 0 fully saturated rings. The predicted octanol–water partition coefficient (Wildman–Crippen LogP) is 4.46. The van der Waals surface area contributed by atoms with E-state index in [1.807, 2.05) is 30.3 Å². The van der Waals surface area contributed by atoms with Crippen LogP contribution in [0.3, 0.4) is 0 Å². The van der Waals surface area contributed by atoms with Gasteiger partial charge < -0.3 is 5.32 Å². The second-order valence-electron chi connectivity index (χ2n) is 6.07. The van der Waals surface area contributed by atoms with Gasteiger partial charge in [-0.25, -0.2) is 9.67 Å². The number of hydrogen-bond acceptors (Lipinski definition) is 3. The number of pyridine rings is 1. The van der Waals surface area contributed by atoms with E-state index in [9.17, 15) is 18.0 Å². The van der Waals surface area contributed by atoms with Crippen molar-refractivity contribution in [3.05, 3.63) is 70.8 Å². The summed E-state index contributed by atoms with van der Waals surface area (Å²) in [5, 5.41) is 7.17. The van der Waals surface area contributed by atoms with Crippen molar-refractivity contribution in [1.29, 1.82) is 0 Å². The first kappa shape index (κ1) is 18.6. The highest BCUT2D eigenvalue weighted by atomic mass is 19.4. The fourth-order valence-corrected chi connectivity index (χ4v) is 2.78. The zero-order chi connectivity index (χ0) is 19.8. The van der Waals surface area contributed by atoms with Crippen molar-refractivity contribution in [2.45, 2.75) is 26.9 Å². The number of benzene rings is 1. The minimum absolute atomic E-state index is 0.00748. The van der Waals surface area contributed by atoms with Gasteiger partial charge in [-0.2, -0.15) is 18.3 Å². The number of hydrogen-bond donors (Lipinski definition) is 1. The number of nitrogens with one attached hydrogen (secondary N) is 1. The van der Waals surface area contributed by atoms with Crippen LogP contribution in [-0.2, 0) is 6.18 Å². The number of aryl methyl sites for hydroxylation is 2. The van der Waals surface area contributed by atoms with Crippen molar-refractivity contribution in [3.63, 3.8) is 0 Å². The van der Waals surface area contributed by atoms with Gasteiger partial charge in [0, 0.05) is 0 Å². The molecule has 0 spiro atoms. The summed E-state index contributed by atoms with van der Waals surface area (Å²) in [6.45, 7) is 4.93. The standard InChI is InChI=1S/C19H17F3N4O/c1-11-15(9-10-16(23-11)19(20,21)22)18(27)24-17-12(2)25-26(13(17)3)14-7-5-4-6-8-14/h4-10H,1-3H3,(H,24,27). The Morgan fingerprint density at radius 1 is 1.00 bits per heavy atom. The first-order chi connectivity index (χ1) is 12.7. The number of amides is 1. The van der Waals surface area contributed by atoms with E-state index in [2.05, 4.69) is 15.4 Å². The Morgan fingerprint density at radius 3 is 2.26 bits per heavy atom. The zero-order valence-electron chi connectivity index (χ0n) is 14.9. The van der Waals surface area contributed by atoms with E-state index >= 15 is 0 Å². The number of carbonyl (C=O) groups excluding carboxylic acids is 1. The molecule has 0 aliphatic carbocycles. The molecule has 0 saturated carbocycles. The summed E-state index contributed by atoms with van der Waals surface area (Å²) >= 11 is 0. The lowest BCUT2D eigenvalue weighted by molar-refractivity contribution is -0.141. The largest absolute Gasteiger partial charge is 0.433 e. The number of rotatable bonds is 3. The fourth-order valence-electron chi connectivity index (χ4n) is 2.78. The van der Waals surface area contributed by atoms with Crippen molar-refractivity contribution in [3.8, 4) is 5.69 Å². The van der Waals surface area contributed by atoms with Crippen LogP contribution in [0.5, 0.6) is 0 Å². The molecule has 0 saturated heterocycles. The van der Waals surface area contributed by atoms with Gasteiger partial charge in [-0.05, 0) is 45.0 Å². The van der Waals surface area contributed by atoms with E-state index in [-0.39, 0.29) is 11.3 Å². The van der Waals surface area contributed by atoms with Crippen molar-refractivity contribution in [1.82, 2.24) is 14.8 Å². The van der Waals surface area contributed by atoms with Gasteiger partial charge in [0.05, 0.1) is 34.0 Å². The van der Waals surface area contributed by atoms with Crippen molar-refractivity contribution in [2.75, 3.05) is 5.32 Å². The first-order valence-electron chi connectivity index (χ1n) is 8.16. The third-order valence-electron chi connectivity index (χ3n) is 4.15. The van der Waals surface area contributed by atoms with Gasteiger partial charge in [-0.3, -0.25) is 4.79 Å². The quantitative estimate of drug-likeness (QED) is 0.736. The molecule has 5 nitrogen and oxygen atoms in total. The molecule has 140 valence electrons. The number of alkyl halides is 3. The average molecular weight is 374 g/mol. The molecule has 0 bridgehead atoms. The molecule has 0 radical (unpaired) electrons. The Labute approximate surface area is 153 Å². The number of nitrogens with zero attached hydrogens (tertiary/aromatic N) is 3. The fraction of sp³-hybridized carbons (Fsp3) is 0.211. The van der Waals surface area contributed by atoms with Gasteiger partial charge in [0.1, 0.15) is 5.69 Å². The van der Waals surface area contributed by atoms with Crippen LogP contribution in [-0.4, -0.2) is 20.7 Å². The van der Waals surface area contributed by atoms with Gasteiger partial charge in [0.15, 0.2) is 0 Å². The van der Waals surface area contributed by atoms with Gasteiger partial charge >= 0.3 is 6.18 Å². The predicted molar refractivity (Wildman–Crippen MR) is 95.0 cm³/mol. The molecule has 27 heavy (non-hydrogen) atoms. The summed E-state index contributed by atoms with van der Waals surface area (Å²) in [4.78, 5) is 16.1. The number of halogens is 3. The van der Waals surface area contributed by atoms with Crippen LogP contribution in [0.1, 0.15) is 33.1 Å². The molecule has 0 aliphatic rings. The molecular weight excluding hydrogens is 357 g/mol. The van der Waals surface area contributed by atoms with Crippen molar-refractivity contribution < 1.29 is 18.0 Å². The Bertz CT molecular complexity index is 994. The number of aromatic nitrogens is 3. The molecule has 0 aliphatic heterocycles. The smallest absolute Gasteiger partial charge is 0.319 e. The molecular formula is C19H17F3N4O. The lowest BCUT2D eigenvalue weighted by atomic mass is 10.1. The SMILES string of the molecule is Cc1nc(C(F)(F)F)ccc1C(=O)Nc1c(C)nn(-c2ccccc2)c1C. The average Bonchev–Trinajstić information content (AvgIpc) is 2.89. The van der Waals surface area contributed by atoms with Gasteiger partial charge in [0.25, 0.3) is 5.91 Å². The molecule has 2 aromatic heterocycles. The van der Waals surface area contributed by atoms with Crippen LogP contribution < -0.4 is 5.32 Å². The number of para-hydroxylation sites is 1. The maximum Gasteiger partial charge on any atom is 0.433 e. The number of anilines is 1. The lowest BCUT2D eigenvalue weighted by Gasteiger charge is -2.11. The third kappa shape index (κ3) is 3.69. The molecule has 1 amide bonds. The monoisotopic (exact) mass is 374 g/mol. The molecule has 8 heteroatoms. The highest BCUT2D eigenvalue weighted by Crippen LogP contribution is 2.29. The second-order valence-corrected chi connectivity index (χ2v) is 6.07. The first-order valence-corrected chi connectivity index (χ1v) is 8.16. The topological polar surface area (TPSA) is 59.8 Å². The molecule has 1 N–H and O–H groups in total. The van der Waals surface area contributed by atoms with Gasteiger partial charge in [0.2, 0.25) is 0 Å². The molecule has 3 aromatic rings. The maximum absolute atomic E-state index is 12.7. The Morgan fingerprint density at radius 2 is 1.67 bits per heavy atom. The summed E-state index contributed by atoms with van der Waals surface area (Å²) in [7, 11) is 0. The molecule has 0 unspecified atom stereocenters. The molecule has 0 atom stereocenters. The van der Waals surface area contributed by atoms with Crippen LogP contribution in [0.2, 0.25) is 0 Å². The van der Waals surface area contributed by atoms with Crippen LogP contribution in [0.25, 0.3) is 5.69 Å². The van der Waals surface area contributed by atoms with E-state index in [4.69, 9.17) is 0 Å². The summed E-state index contributed by atoms with van der Waals surface area (Å²) in [6, 6.07) is 11.3. The Kier molecular flexibility index (Phi) is 4.73. The van der Waals surface area contributed by atoms with Crippen molar-refractivity contribution >= 4 is 11.6 Å². The normalized spacial score (nSPS) is 11.5. The zero-order valence-corrected chi connectivity index (χ0v) is 14.9. The van der Waals surface area contributed by atoms with E-state index in [0.717, 1.165) is 17.8 Å². The number of carbonyl (C=O) groups is 1. The minimum Gasteiger partial charge on any atom is -0.319 e. The lowest BCUT2D eigenvalue weighted by Crippen LogP contribution is -2.17. The summed E-state index contributed by atoms with van der Waals surface area (Å²) in [6.07, 6.45) is -4.55. The van der Waals surface area contributed by atoms with E-state index in [0.29, 0.717) is 17.1 Å². The van der Waals surface area contributed by atoms with Crippen LogP contribution >= 0.6 is 0 Å². The highest BCUT2D eigenvalue weighted by Gasteiger charge is 2.33. The highest BCUT2D eigenvalue weighted by molar-refractivity contribution is 6.05. The summed E-state index contributed by atoms with van der Waals surface area (Å²) in [5.41, 5.74) is 1.73. The van der Waals surface area contributed by atoms with Gasteiger partial charge in [-0.1, -0.05) is 18.2 Å². The van der Waals surface area contributed by atoms with Gasteiger partial charge in [-0.15, -0.1) is 0 Å². The van der Waals surface area contributed by atoms with Crippen LogP contribution in [0, 0.1) is 20.8 Å². The third-order valence-corrected chi connectivity index (χ3v) is 4.15. The van der Waals surface area contributed by atoms with Crippen LogP contribution in [0.4, 0.5) is 18.9 Å². The Balaban J connectivity index is 1.90. The molecule has 2 heterocycles. The van der Waals surface area contributed by atoms with E-state index in [1.54, 1.807) is 18.5 Å². The van der Waals surface area contributed by atoms with E-state index in [1.165, 1.54) is 6.92 Å². The molecule has 3 rings (SSSR count). The summed E-state index contributed by atoms with van der Waals surface area (Å²) in [5.74, 6) is -0.535. The molecule has 1 aromatic carbocycles. The summed E-state index contributed by atoms with van der Waals surface area (Å²) < 4.78 is 39.9. The second kappa shape index (κ2) is 6.86. The minimum atomic E-state index is -4.55. The maximum atomic E-state index is 12.7. The van der Waals surface area contributed by atoms with E-state index < -0.39 is 17.8 Å².